The molecule has 0 bridgehead atoms. The number of aromatic hydroxyl groups is 1. The normalized spacial score (nSPS) is 9.45. The molecule has 9 N–H and O–H groups in total. The molecule has 0 fully saturated rings. The molecule has 22 heteroatoms. The van der Waals surface area contributed by atoms with E-state index < -0.39 is 9.85 Å². The van der Waals surface area contributed by atoms with Gasteiger partial charge >= 0.3 is 114 Å². The maximum Gasteiger partial charge on any atom is 1.00 e. The molecule has 0 aliphatic carbocycles. The van der Waals surface area contributed by atoms with Crippen LogP contribution in [-0.2, 0) is 9.68 Å². The van der Waals surface area contributed by atoms with Gasteiger partial charge in [-0.05, 0) is 54.6 Å². The molecule has 6 rings (SSSR count). The zero-order valence-electron chi connectivity index (χ0n) is 27.7. The number of rotatable bonds is 5. The molecular formula is C29H25ClK2N10O9. The van der Waals surface area contributed by atoms with Crippen LogP contribution in [0.3, 0.4) is 0 Å². The number of phenols is 1. The SMILES string of the molecule is Nc1ccc(O)c2ncccc12.Nc1nccc(Cl)c1[N+](=O)[O-].Nc1nccc(Oc2ccc(N)c3cccnc23)c1[N+](=O)[O-].O=CO[O-].[H-].[K+].[K+]. The van der Waals surface area contributed by atoms with Crippen molar-refractivity contribution < 1.29 is 139 Å². The van der Waals surface area contributed by atoms with Crippen molar-refractivity contribution in [2.45, 2.75) is 0 Å². The summed E-state index contributed by atoms with van der Waals surface area (Å²) in [6.07, 6.45) is 5.86. The van der Waals surface area contributed by atoms with E-state index in [9.17, 15) is 25.3 Å². The summed E-state index contributed by atoms with van der Waals surface area (Å²) in [6, 6.07) is 16.3. The number of halogens is 1. The van der Waals surface area contributed by atoms with Gasteiger partial charge in [-0.3, -0.25) is 35.0 Å². The number of carbonyl (C=O) groups is 1. The van der Waals surface area contributed by atoms with Crippen molar-refractivity contribution in [2.24, 2.45) is 0 Å². The average molecular weight is 771 g/mol. The predicted octanol–water partition coefficient (Wildman–Crippen LogP) is -2.20. The summed E-state index contributed by atoms with van der Waals surface area (Å²) in [6.45, 7) is -0.181. The van der Waals surface area contributed by atoms with Crippen molar-refractivity contribution in [2.75, 3.05) is 22.9 Å². The number of pyridine rings is 4. The summed E-state index contributed by atoms with van der Waals surface area (Å²) in [4.78, 5) is 46.8. The second kappa shape index (κ2) is 22.2. The number of hydrogen-bond donors (Lipinski definition) is 5. The summed E-state index contributed by atoms with van der Waals surface area (Å²) < 4.78 is 5.64. The molecule has 4 heterocycles. The first-order chi connectivity index (χ1) is 23.4. The molecular weight excluding hydrogens is 746 g/mol. The van der Waals surface area contributed by atoms with E-state index in [0.717, 1.165) is 5.39 Å². The fourth-order valence-corrected chi connectivity index (χ4v) is 4.12. The largest absolute Gasteiger partial charge is 1.00 e. The van der Waals surface area contributed by atoms with Crippen LogP contribution in [0.4, 0.5) is 34.4 Å². The van der Waals surface area contributed by atoms with Crippen LogP contribution >= 0.6 is 11.6 Å². The molecule has 6 aromatic rings. The van der Waals surface area contributed by atoms with Crippen LogP contribution in [0.25, 0.3) is 21.8 Å². The van der Waals surface area contributed by atoms with E-state index in [1.165, 1.54) is 24.5 Å². The quantitative estimate of drug-likeness (QED) is 0.0236. The molecule has 0 aliphatic heterocycles. The molecule has 0 unspecified atom stereocenters. The number of nitrogens with two attached hydrogens (primary N) is 4. The zero-order chi connectivity index (χ0) is 36.1. The van der Waals surface area contributed by atoms with Crippen LogP contribution in [0.5, 0.6) is 17.2 Å². The van der Waals surface area contributed by atoms with Gasteiger partial charge in [0.2, 0.25) is 17.4 Å². The van der Waals surface area contributed by atoms with Gasteiger partial charge in [-0.15, -0.1) is 0 Å². The summed E-state index contributed by atoms with van der Waals surface area (Å²) >= 11 is 5.46. The van der Waals surface area contributed by atoms with Crippen molar-refractivity contribution in [3.63, 3.8) is 0 Å². The first-order valence-corrected chi connectivity index (χ1v) is 13.6. The van der Waals surface area contributed by atoms with Gasteiger partial charge in [-0.1, -0.05) is 11.6 Å². The molecule has 19 nitrogen and oxygen atoms in total. The monoisotopic (exact) mass is 770 g/mol. The van der Waals surface area contributed by atoms with Gasteiger partial charge in [0, 0.05) is 53.0 Å². The van der Waals surface area contributed by atoms with Gasteiger partial charge in [0.05, 0.1) is 9.85 Å². The standard InChI is InChI=1S/C14H11N5O3.C9H8N2O.C5H4ClN3O2.CH2O3.2K.H/c15-9-3-4-10(12-8(9)2-1-6-17-12)22-11-5-7-18-14(16)13(11)19(20)21;10-7-3-4-8(12)9-6(7)2-1-5-11-9;6-3-1-2-8-5(7)4(3)9(10)11;2-1-4-3;;;/h1-7H,15H2,(H2,16,18);1-5,12H,10H2;1-2H,(H2,7,8);1,3H;;;/q;;;;2*+1;-1/p-1. The molecule has 0 aliphatic rings. The van der Waals surface area contributed by atoms with Gasteiger partial charge in [0.15, 0.2) is 5.75 Å². The molecule has 2 aromatic carbocycles. The van der Waals surface area contributed by atoms with Crippen molar-refractivity contribution in [1.82, 2.24) is 19.9 Å². The number of nitro groups is 2. The fraction of sp³-hybridized carbons (Fsp3) is 0. The second-order valence-electron chi connectivity index (χ2n) is 9.00. The third kappa shape index (κ3) is 12.4. The molecule has 51 heavy (non-hydrogen) atoms. The van der Waals surface area contributed by atoms with Crippen LogP contribution in [0.1, 0.15) is 1.43 Å². The summed E-state index contributed by atoms with van der Waals surface area (Å²) in [5.74, 6) is 0.130. The summed E-state index contributed by atoms with van der Waals surface area (Å²) in [5.41, 5.74) is 23.8. The van der Waals surface area contributed by atoms with E-state index in [1.807, 2.05) is 6.07 Å². The minimum atomic E-state index is -0.662. The Kier molecular flexibility index (Phi) is 19.6. The molecule has 0 atom stereocenters. The molecule has 254 valence electrons. The minimum Gasteiger partial charge on any atom is -1.00 e. The molecule has 0 amide bonds. The topological polar surface area (TPSA) is 321 Å². The van der Waals surface area contributed by atoms with Crippen LogP contribution in [0.15, 0.2) is 85.5 Å². The number of carbonyl (C=O) groups excluding carboxylic acids is 1. The summed E-state index contributed by atoms with van der Waals surface area (Å²) in [5, 5.41) is 40.7. The van der Waals surface area contributed by atoms with Crippen molar-refractivity contribution in [3.05, 3.63) is 111 Å². The number of benzene rings is 2. The van der Waals surface area contributed by atoms with Crippen LogP contribution < -0.4 is 136 Å². The van der Waals surface area contributed by atoms with Crippen molar-refractivity contribution in [1.29, 1.82) is 0 Å². The number of aromatic nitrogens is 4. The van der Waals surface area contributed by atoms with Crippen LogP contribution in [0, 0.1) is 20.2 Å². The Morgan fingerprint density at radius 3 is 1.69 bits per heavy atom. The van der Waals surface area contributed by atoms with Gasteiger partial charge in [0.1, 0.15) is 21.8 Å². The van der Waals surface area contributed by atoms with Crippen molar-refractivity contribution >= 4 is 74.3 Å². The number of phenolic OH excluding ortho intramolecular Hbond substituents is 1. The molecule has 0 saturated heterocycles. The van der Waals surface area contributed by atoms with Gasteiger partial charge in [0.25, 0.3) is 6.47 Å². The van der Waals surface area contributed by atoms with Crippen LogP contribution in [-0.4, -0.2) is 41.4 Å². The van der Waals surface area contributed by atoms with Gasteiger partial charge in [-0.2, -0.15) is 0 Å². The summed E-state index contributed by atoms with van der Waals surface area (Å²) in [7, 11) is 0. The van der Waals surface area contributed by atoms with Crippen LogP contribution in [0.2, 0.25) is 5.02 Å². The first-order valence-electron chi connectivity index (χ1n) is 13.2. The Hall–Kier alpha value is -3.85. The number of hydrogen-bond acceptors (Lipinski definition) is 17. The van der Waals surface area contributed by atoms with Crippen molar-refractivity contribution in [3.8, 4) is 17.2 Å². The van der Waals surface area contributed by atoms with Gasteiger partial charge < -0.3 is 44.3 Å². The number of ether oxygens (including phenoxy) is 1. The number of anilines is 4. The Morgan fingerprint density at radius 2 is 1.20 bits per heavy atom. The van der Waals surface area contributed by atoms with Gasteiger partial charge in [-0.25, -0.2) is 9.97 Å². The Labute approximate surface area is 378 Å². The fourth-order valence-electron chi connectivity index (χ4n) is 3.89. The van der Waals surface area contributed by atoms with E-state index in [4.69, 9.17) is 49.3 Å². The zero-order valence-corrected chi connectivity index (χ0v) is 33.7. The molecule has 0 saturated carbocycles. The molecule has 0 radical (unpaired) electrons. The van der Waals surface area contributed by atoms with E-state index >= 15 is 0 Å². The van der Waals surface area contributed by atoms with E-state index in [2.05, 4.69) is 24.8 Å². The first kappa shape index (κ1) is 45.2. The molecule has 4 aromatic heterocycles. The predicted molar refractivity (Wildman–Crippen MR) is 178 cm³/mol. The maximum absolute atomic E-state index is 11.1. The van der Waals surface area contributed by atoms with E-state index in [0.29, 0.717) is 33.5 Å². The number of nitrogens with zero attached hydrogens (tertiary/aromatic N) is 6. The Balaban J connectivity index is 0.000000742. The number of nitrogen functional groups attached to an aromatic ring is 4. The third-order valence-electron chi connectivity index (χ3n) is 5.99. The van der Waals surface area contributed by atoms with E-state index in [-0.39, 0.29) is 150 Å². The smallest absolute Gasteiger partial charge is 1.00 e. The number of fused-ring (bicyclic) bond motifs is 2. The minimum absolute atomic E-state index is 0. The average Bonchev–Trinajstić information content (AvgIpc) is 3.08. The Bertz CT molecular complexity index is 2080. The third-order valence-corrected chi connectivity index (χ3v) is 6.30. The Morgan fingerprint density at radius 1 is 0.706 bits per heavy atom. The maximum atomic E-state index is 11.1. The molecule has 0 spiro atoms. The second-order valence-corrected chi connectivity index (χ2v) is 9.41. The van der Waals surface area contributed by atoms with E-state index in [1.54, 1.807) is 54.9 Å².